The van der Waals surface area contributed by atoms with Crippen LogP contribution in [0.15, 0.2) is 53.4 Å². The van der Waals surface area contributed by atoms with Crippen molar-refractivity contribution < 1.29 is 28.7 Å². The van der Waals surface area contributed by atoms with E-state index < -0.39 is 11.1 Å². The highest BCUT2D eigenvalue weighted by Gasteiger charge is 2.37. The molecule has 2 aliphatic rings. The van der Waals surface area contributed by atoms with Crippen LogP contribution in [0.3, 0.4) is 0 Å². The topological polar surface area (TPSA) is 85.4 Å². The molecular weight excluding hydrogens is 408 g/mol. The Kier molecular flexibility index (Phi) is 5.73. The SMILES string of the molecule is COc1ccc2c(c1)C(=O)N(CCON1C(=O)SC(=Cc3ccccc3)C1=O)CO2. The molecule has 1 fully saturated rings. The lowest BCUT2D eigenvalue weighted by Crippen LogP contribution is -2.42. The molecule has 4 rings (SSSR count). The van der Waals surface area contributed by atoms with E-state index in [0.29, 0.717) is 17.1 Å². The standard InChI is InChI=1S/C21H18N2O6S/c1-27-15-7-8-17-16(12-15)19(24)22(13-28-17)9-10-29-23-20(25)18(30-21(23)26)11-14-5-3-2-4-6-14/h2-8,11-12H,9-10,13H2,1H3. The van der Waals surface area contributed by atoms with Gasteiger partial charge in [0.2, 0.25) is 0 Å². The lowest BCUT2D eigenvalue weighted by Gasteiger charge is -2.29. The Morgan fingerprint density at radius 1 is 1.10 bits per heavy atom. The van der Waals surface area contributed by atoms with Gasteiger partial charge >= 0.3 is 5.24 Å². The molecule has 2 aromatic rings. The minimum Gasteiger partial charge on any atom is -0.497 e. The van der Waals surface area contributed by atoms with Crippen LogP contribution in [-0.2, 0) is 9.63 Å². The molecule has 0 aliphatic carbocycles. The fourth-order valence-electron chi connectivity index (χ4n) is 2.98. The Labute approximate surface area is 176 Å². The maximum atomic E-state index is 12.7. The first kappa shape index (κ1) is 20.0. The molecule has 2 heterocycles. The van der Waals surface area contributed by atoms with E-state index in [1.165, 1.54) is 12.0 Å². The van der Waals surface area contributed by atoms with Gasteiger partial charge in [0.25, 0.3) is 11.8 Å². The number of hydroxylamine groups is 2. The number of ether oxygens (including phenoxy) is 2. The number of fused-ring (bicyclic) bond motifs is 1. The fraction of sp³-hybridized carbons (Fsp3) is 0.190. The molecule has 9 heteroatoms. The summed E-state index contributed by atoms with van der Waals surface area (Å²) in [6.45, 7) is 0.164. The van der Waals surface area contributed by atoms with E-state index in [0.717, 1.165) is 22.4 Å². The minimum atomic E-state index is -0.523. The summed E-state index contributed by atoms with van der Waals surface area (Å²) >= 11 is 0.812. The second-order valence-electron chi connectivity index (χ2n) is 6.42. The number of methoxy groups -OCH3 is 1. The number of carbonyl (C=O) groups is 3. The van der Waals surface area contributed by atoms with Gasteiger partial charge in [0, 0.05) is 0 Å². The van der Waals surface area contributed by atoms with Crippen LogP contribution in [-0.4, -0.2) is 54.0 Å². The third-order valence-electron chi connectivity index (χ3n) is 4.52. The van der Waals surface area contributed by atoms with Gasteiger partial charge in [-0.1, -0.05) is 30.3 Å². The van der Waals surface area contributed by atoms with Crippen molar-refractivity contribution in [3.63, 3.8) is 0 Å². The Bertz CT molecular complexity index is 1020. The highest BCUT2D eigenvalue weighted by atomic mass is 32.2. The largest absolute Gasteiger partial charge is 0.497 e. The van der Waals surface area contributed by atoms with Crippen molar-refractivity contribution in [1.82, 2.24) is 9.96 Å². The van der Waals surface area contributed by atoms with Gasteiger partial charge in [0.1, 0.15) is 11.5 Å². The van der Waals surface area contributed by atoms with Crippen molar-refractivity contribution in [3.05, 3.63) is 64.6 Å². The summed E-state index contributed by atoms with van der Waals surface area (Å²) in [5.41, 5.74) is 1.20. The maximum absolute atomic E-state index is 12.7. The third-order valence-corrected chi connectivity index (χ3v) is 5.37. The van der Waals surface area contributed by atoms with Gasteiger partial charge in [-0.2, -0.15) is 0 Å². The summed E-state index contributed by atoms with van der Waals surface area (Å²) in [6.07, 6.45) is 1.64. The van der Waals surface area contributed by atoms with Crippen LogP contribution in [0.1, 0.15) is 15.9 Å². The van der Waals surface area contributed by atoms with Crippen LogP contribution < -0.4 is 9.47 Å². The molecule has 0 atom stereocenters. The molecule has 0 spiro atoms. The van der Waals surface area contributed by atoms with E-state index in [4.69, 9.17) is 14.3 Å². The number of hydrogen-bond acceptors (Lipinski definition) is 7. The predicted octanol–water partition coefficient (Wildman–Crippen LogP) is 3.16. The Morgan fingerprint density at radius 2 is 1.90 bits per heavy atom. The molecule has 2 aliphatic heterocycles. The average Bonchev–Trinajstić information content (AvgIpc) is 3.03. The molecule has 0 aromatic heterocycles. The molecule has 0 N–H and O–H groups in total. The van der Waals surface area contributed by atoms with Crippen LogP contribution >= 0.6 is 11.8 Å². The van der Waals surface area contributed by atoms with Gasteiger partial charge in [-0.05, 0) is 41.6 Å². The first-order valence-electron chi connectivity index (χ1n) is 9.13. The number of amides is 3. The van der Waals surface area contributed by atoms with Gasteiger partial charge in [0.05, 0.1) is 30.7 Å². The van der Waals surface area contributed by atoms with E-state index >= 15 is 0 Å². The Morgan fingerprint density at radius 3 is 2.67 bits per heavy atom. The van der Waals surface area contributed by atoms with Crippen LogP contribution in [0, 0.1) is 0 Å². The minimum absolute atomic E-state index is 0.0366. The molecule has 0 unspecified atom stereocenters. The molecule has 8 nitrogen and oxygen atoms in total. The summed E-state index contributed by atoms with van der Waals surface area (Å²) in [7, 11) is 1.52. The van der Waals surface area contributed by atoms with Gasteiger partial charge in [0.15, 0.2) is 6.73 Å². The van der Waals surface area contributed by atoms with Crippen molar-refractivity contribution in [2.24, 2.45) is 0 Å². The number of thioether (sulfide) groups is 1. The summed E-state index contributed by atoms with van der Waals surface area (Å²) in [4.78, 5) is 44.4. The normalized spacial score (nSPS) is 17.4. The van der Waals surface area contributed by atoms with Crippen LogP contribution in [0.5, 0.6) is 11.5 Å². The number of imide groups is 1. The van der Waals surface area contributed by atoms with Crippen LogP contribution in [0.4, 0.5) is 4.79 Å². The highest BCUT2D eigenvalue weighted by Crippen LogP contribution is 2.32. The van der Waals surface area contributed by atoms with Crippen LogP contribution in [0.25, 0.3) is 6.08 Å². The predicted molar refractivity (Wildman–Crippen MR) is 110 cm³/mol. The van der Waals surface area contributed by atoms with Crippen molar-refractivity contribution >= 4 is 34.9 Å². The number of nitrogens with zero attached hydrogens (tertiary/aromatic N) is 2. The summed E-state index contributed by atoms with van der Waals surface area (Å²) in [6, 6.07) is 14.2. The Balaban J connectivity index is 1.36. The maximum Gasteiger partial charge on any atom is 0.317 e. The van der Waals surface area contributed by atoms with Gasteiger partial charge in [-0.15, -0.1) is 5.06 Å². The van der Waals surface area contributed by atoms with Crippen molar-refractivity contribution in [2.75, 3.05) is 27.0 Å². The van der Waals surface area contributed by atoms with Gasteiger partial charge in [-0.3, -0.25) is 19.2 Å². The Hall–Kier alpha value is -3.30. The summed E-state index contributed by atoms with van der Waals surface area (Å²) < 4.78 is 10.7. The average molecular weight is 426 g/mol. The van der Waals surface area contributed by atoms with Crippen molar-refractivity contribution in [3.8, 4) is 11.5 Å². The zero-order valence-corrected chi connectivity index (χ0v) is 16.9. The van der Waals surface area contributed by atoms with Crippen LogP contribution in [0.2, 0.25) is 0 Å². The molecule has 0 bridgehead atoms. The number of rotatable bonds is 6. The molecule has 30 heavy (non-hydrogen) atoms. The van der Waals surface area contributed by atoms with Gasteiger partial charge in [-0.25, -0.2) is 0 Å². The van der Waals surface area contributed by atoms with E-state index in [-0.39, 0.29) is 30.7 Å². The fourth-order valence-corrected chi connectivity index (χ4v) is 3.75. The zero-order chi connectivity index (χ0) is 21.1. The molecule has 154 valence electrons. The summed E-state index contributed by atoms with van der Waals surface area (Å²) in [5, 5.41) is 0.213. The van der Waals surface area contributed by atoms with Gasteiger partial charge < -0.3 is 14.4 Å². The number of hydrogen-bond donors (Lipinski definition) is 0. The van der Waals surface area contributed by atoms with Crippen molar-refractivity contribution in [1.29, 1.82) is 0 Å². The lowest BCUT2D eigenvalue weighted by molar-refractivity contribution is -0.160. The second-order valence-corrected chi connectivity index (χ2v) is 7.42. The highest BCUT2D eigenvalue weighted by molar-refractivity contribution is 8.18. The molecule has 1 saturated heterocycles. The number of benzene rings is 2. The molecule has 3 amide bonds. The molecule has 0 radical (unpaired) electrons. The number of carbonyl (C=O) groups excluding carboxylic acids is 3. The smallest absolute Gasteiger partial charge is 0.317 e. The van der Waals surface area contributed by atoms with E-state index in [1.54, 1.807) is 24.3 Å². The second kappa shape index (κ2) is 8.60. The summed E-state index contributed by atoms with van der Waals surface area (Å²) in [5.74, 6) is 0.267. The third kappa shape index (κ3) is 4.03. The molecule has 0 saturated carbocycles. The van der Waals surface area contributed by atoms with Crippen molar-refractivity contribution in [2.45, 2.75) is 0 Å². The molecule has 2 aromatic carbocycles. The van der Waals surface area contributed by atoms with E-state index in [2.05, 4.69) is 0 Å². The zero-order valence-electron chi connectivity index (χ0n) is 16.1. The van der Waals surface area contributed by atoms with E-state index in [9.17, 15) is 14.4 Å². The molecular formula is C21H18N2O6S. The lowest BCUT2D eigenvalue weighted by atomic mass is 10.1. The first-order chi connectivity index (χ1) is 14.6. The monoisotopic (exact) mass is 426 g/mol. The first-order valence-corrected chi connectivity index (χ1v) is 9.94. The quantitative estimate of drug-likeness (QED) is 0.656. The van der Waals surface area contributed by atoms with E-state index in [1.807, 2.05) is 30.3 Å².